The van der Waals surface area contributed by atoms with Crippen molar-refractivity contribution in [2.24, 2.45) is 35.0 Å². The van der Waals surface area contributed by atoms with Crippen molar-refractivity contribution < 1.29 is 19.4 Å². The van der Waals surface area contributed by atoms with Crippen molar-refractivity contribution in [3.63, 3.8) is 0 Å². The minimum atomic E-state index is -0.123. The van der Waals surface area contributed by atoms with Gasteiger partial charge in [-0.25, -0.2) is 4.79 Å². The fourth-order valence-electron chi connectivity index (χ4n) is 9.11. The van der Waals surface area contributed by atoms with Crippen molar-refractivity contribution in [3.05, 3.63) is 0 Å². The van der Waals surface area contributed by atoms with Crippen LogP contribution in [0.2, 0.25) is 0 Å². The van der Waals surface area contributed by atoms with Crippen LogP contribution >= 0.6 is 0 Å². The minimum absolute atomic E-state index is 0.0825. The normalized spacial score (nSPS) is 50.8. The lowest BCUT2D eigenvalue weighted by atomic mass is 9.50. The smallest absolute Gasteiger partial charge is 0.410 e. The van der Waals surface area contributed by atoms with E-state index in [1.807, 2.05) is 4.90 Å². The fourth-order valence-corrected chi connectivity index (χ4v) is 9.11. The molecule has 32 heavy (non-hydrogen) atoms. The first-order valence-corrected chi connectivity index (χ1v) is 13.4. The Balaban J connectivity index is 1.05. The van der Waals surface area contributed by atoms with Crippen molar-refractivity contribution in [1.82, 2.24) is 9.80 Å². The molecule has 0 aromatic carbocycles. The largest absolute Gasteiger partial charge is 0.446 e. The number of rotatable bonds is 1. The molecule has 6 heteroatoms. The van der Waals surface area contributed by atoms with Gasteiger partial charge in [0.1, 0.15) is 6.10 Å². The first kappa shape index (κ1) is 21.7. The summed E-state index contributed by atoms with van der Waals surface area (Å²) in [5, 5.41) is 10.6. The van der Waals surface area contributed by atoms with Crippen molar-refractivity contribution in [2.75, 3.05) is 33.3 Å². The van der Waals surface area contributed by atoms with Crippen molar-refractivity contribution >= 4 is 6.09 Å². The first-order valence-electron chi connectivity index (χ1n) is 13.4. The van der Waals surface area contributed by atoms with Gasteiger partial charge in [-0.2, -0.15) is 0 Å². The number of likely N-dealkylation sites (N-methyl/N-ethyl adjacent to an activating group) is 1. The van der Waals surface area contributed by atoms with Crippen LogP contribution in [-0.2, 0) is 9.47 Å². The maximum atomic E-state index is 12.9. The molecule has 0 aromatic heterocycles. The van der Waals surface area contributed by atoms with Gasteiger partial charge in [0.25, 0.3) is 0 Å². The van der Waals surface area contributed by atoms with E-state index in [9.17, 15) is 9.90 Å². The number of carbonyl (C=O) groups excluding carboxylic acids is 1. The highest BCUT2D eigenvalue weighted by atomic mass is 16.6. The zero-order valence-corrected chi connectivity index (χ0v) is 20.0. The number of ether oxygens (including phenoxy) is 2. The molecule has 6 fully saturated rings. The van der Waals surface area contributed by atoms with Crippen LogP contribution in [0.15, 0.2) is 0 Å². The third kappa shape index (κ3) is 3.42. The molecule has 0 bridgehead atoms. The molecule has 2 heterocycles. The number of hydrogen-bond acceptors (Lipinski definition) is 5. The Labute approximate surface area is 193 Å². The van der Waals surface area contributed by atoms with Gasteiger partial charge in [0.05, 0.1) is 31.4 Å². The van der Waals surface area contributed by atoms with Gasteiger partial charge in [-0.15, -0.1) is 0 Å². The number of likely N-dealkylation sites (tertiary alicyclic amines) is 1. The summed E-state index contributed by atoms with van der Waals surface area (Å²) in [5.41, 5.74) is 0.172. The number of fused-ring (bicyclic) bond motifs is 6. The number of aliphatic hydroxyl groups excluding tert-OH is 1. The SMILES string of the molecule is CN1CCOC2CN(C(=O)OC3CCC4C(CCC5C4CCC4(C)C(O)CCC54)C3)CC21. The molecule has 2 aliphatic heterocycles. The summed E-state index contributed by atoms with van der Waals surface area (Å²) >= 11 is 0. The molecule has 6 nitrogen and oxygen atoms in total. The van der Waals surface area contributed by atoms with Crippen molar-refractivity contribution in [1.29, 1.82) is 0 Å². The number of carbonyl (C=O) groups is 1. The summed E-state index contributed by atoms with van der Waals surface area (Å²) < 4.78 is 12.0. The van der Waals surface area contributed by atoms with E-state index in [4.69, 9.17) is 9.47 Å². The molecule has 4 aliphatic carbocycles. The molecule has 10 atom stereocenters. The van der Waals surface area contributed by atoms with Crippen LogP contribution in [0.3, 0.4) is 0 Å². The molecule has 10 unspecified atom stereocenters. The number of nitrogens with zero attached hydrogens (tertiary/aromatic N) is 2. The zero-order valence-electron chi connectivity index (χ0n) is 20.0. The van der Waals surface area contributed by atoms with Gasteiger partial charge in [0, 0.05) is 13.1 Å². The van der Waals surface area contributed by atoms with Gasteiger partial charge in [0.15, 0.2) is 0 Å². The Kier molecular flexibility index (Phi) is 5.50. The average Bonchev–Trinajstić information content (AvgIpc) is 3.36. The Hall–Kier alpha value is -0.850. The summed E-state index contributed by atoms with van der Waals surface area (Å²) in [5.74, 6) is 3.91. The molecular weight excluding hydrogens is 404 g/mol. The third-order valence-corrected chi connectivity index (χ3v) is 11.0. The maximum absolute atomic E-state index is 12.9. The number of aliphatic hydroxyl groups is 1. The van der Waals surface area contributed by atoms with Crippen LogP contribution in [-0.4, -0.2) is 78.6 Å². The van der Waals surface area contributed by atoms with Crippen molar-refractivity contribution in [3.8, 4) is 0 Å². The monoisotopic (exact) mass is 446 g/mol. The lowest BCUT2D eigenvalue weighted by Crippen LogP contribution is -2.50. The van der Waals surface area contributed by atoms with Gasteiger partial charge < -0.3 is 19.5 Å². The number of morpholine rings is 1. The lowest BCUT2D eigenvalue weighted by Gasteiger charge is -2.55. The predicted molar refractivity (Wildman–Crippen MR) is 121 cm³/mol. The average molecular weight is 447 g/mol. The Morgan fingerprint density at radius 3 is 2.72 bits per heavy atom. The van der Waals surface area contributed by atoms with Crippen LogP contribution in [0, 0.1) is 35.0 Å². The molecule has 1 N–H and O–H groups in total. The second kappa shape index (κ2) is 8.13. The summed E-state index contributed by atoms with van der Waals surface area (Å²) in [7, 11) is 2.13. The Bertz CT molecular complexity index is 733. The van der Waals surface area contributed by atoms with E-state index in [2.05, 4.69) is 18.9 Å². The summed E-state index contributed by atoms with van der Waals surface area (Å²) in [6.07, 6.45) is 10.7. The van der Waals surface area contributed by atoms with E-state index in [0.29, 0.717) is 18.5 Å². The third-order valence-electron chi connectivity index (χ3n) is 11.0. The Morgan fingerprint density at radius 1 is 1.03 bits per heavy atom. The van der Waals surface area contributed by atoms with Gasteiger partial charge in [-0.05, 0) is 99.8 Å². The molecular formula is C26H42N2O4. The molecule has 0 aromatic rings. The first-order chi connectivity index (χ1) is 15.4. The van der Waals surface area contributed by atoms with Crippen LogP contribution < -0.4 is 0 Å². The fraction of sp³-hybridized carbons (Fsp3) is 0.962. The topological polar surface area (TPSA) is 62.2 Å². The molecule has 180 valence electrons. The molecule has 0 spiro atoms. The van der Waals surface area contributed by atoms with Crippen molar-refractivity contribution in [2.45, 2.75) is 89.1 Å². The van der Waals surface area contributed by atoms with Crippen LogP contribution in [0.4, 0.5) is 4.79 Å². The number of amides is 1. The summed E-state index contributed by atoms with van der Waals surface area (Å²) in [4.78, 5) is 17.2. The Morgan fingerprint density at radius 2 is 1.88 bits per heavy atom. The second-order valence-corrected chi connectivity index (χ2v) is 12.3. The molecule has 2 saturated heterocycles. The zero-order chi connectivity index (χ0) is 22.0. The predicted octanol–water partition coefficient (Wildman–Crippen LogP) is 3.52. The van der Waals surface area contributed by atoms with Gasteiger partial charge in [-0.3, -0.25) is 4.90 Å². The van der Waals surface area contributed by atoms with E-state index in [-0.39, 0.29) is 29.8 Å². The highest BCUT2D eigenvalue weighted by Gasteiger charge is 2.57. The standard InChI is InChI=1S/C26H42N2O4/c1-26-10-9-19-18-6-4-17(13-16(18)3-5-20(19)21(26)7-8-24(26)29)32-25(30)28-14-22-23(15-28)31-12-11-27(22)2/h16-24,29H,3-15H2,1-2H3. The molecule has 0 radical (unpaired) electrons. The van der Waals surface area contributed by atoms with Crippen LogP contribution in [0.5, 0.6) is 0 Å². The van der Waals surface area contributed by atoms with E-state index < -0.39 is 0 Å². The maximum Gasteiger partial charge on any atom is 0.410 e. The molecule has 6 rings (SSSR count). The summed E-state index contributed by atoms with van der Waals surface area (Å²) in [6.45, 7) is 5.46. The lowest BCUT2D eigenvalue weighted by molar-refractivity contribution is -0.0931. The molecule has 1 amide bonds. The van der Waals surface area contributed by atoms with Gasteiger partial charge >= 0.3 is 6.09 Å². The van der Waals surface area contributed by atoms with Gasteiger partial charge in [0.2, 0.25) is 0 Å². The second-order valence-electron chi connectivity index (χ2n) is 12.3. The molecule has 6 aliphatic rings. The van der Waals surface area contributed by atoms with E-state index >= 15 is 0 Å². The minimum Gasteiger partial charge on any atom is -0.446 e. The highest BCUT2D eigenvalue weighted by Crippen LogP contribution is 2.62. The quantitative estimate of drug-likeness (QED) is 0.668. The van der Waals surface area contributed by atoms with E-state index in [1.165, 1.54) is 38.5 Å². The van der Waals surface area contributed by atoms with E-state index in [1.54, 1.807) is 0 Å². The van der Waals surface area contributed by atoms with Crippen LogP contribution in [0.25, 0.3) is 0 Å². The molecule has 4 saturated carbocycles. The van der Waals surface area contributed by atoms with E-state index in [0.717, 1.165) is 62.6 Å². The van der Waals surface area contributed by atoms with Gasteiger partial charge in [-0.1, -0.05) is 6.92 Å². The highest BCUT2D eigenvalue weighted by molar-refractivity contribution is 5.68. The van der Waals surface area contributed by atoms with Crippen LogP contribution in [0.1, 0.15) is 64.7 Å². The summed E-state index contributed by atoms with van der Waals surface area (Å²) in [6, 6.07) is 0.313. The number of hydrogen-bond donors (Lipinski definition) is 1.